The van der Waals surface area contributed by atoms with E-state index in [2.05, 4.69) is 27.5 Å². The van der Waals surface area contributed by atoms with Gasteiger partial charge in [0, 0.05) is 18.1 Å². The molecule has 6 unspecified atom stereocenters. The van der Waals surface area contributed by atoms with Gasteiger partial charge in [-0.05, 0) is 72.4 Å². The molecule has 0 aromatic carbocycles. The number of sulfonamides is 1. The van der Waals surface area contributed by atoms with Gasteiger partial charge >= 0.3 is 6.03 Å². The Kier molecular flexibility index (Phi) is 5.95. The van der Waals surface area contributed by atoms with Gasteiger partial charge in [0.15, 0.2) is 0 Å². The van der Waals surface area contributed by atoms with E-state index in [1.807, 2.05) is 18.7 Å². The van der Waals surface area contributed by atoms with E-state index in [0.717, 1.165) is 25.8 Å². The highest BCUT2D eigenvalue weighted by Gasteiger charge is 2.55. The van der Waals surface area contributed by atoms with Crippen molar-refractivity contribution in [2.24, 2.45) is 0 Å². The summed E-state index contributed by atoms with van der Waals surface area (Å²) in [4.78, 5) is 19.8. The highest BCUT2D eigenvalue weighted by molar-refractivity contribution is 7.90. The number of likely N-dealkylation sites (tertiary alicyclic amines) is 1. The Morgan fingerprint density at radius 1 is 1.16 bits per heavy atom. The summed E-state index contributed by atoms with van der Waals surface area (Å²) in [6.45, 7) is 5.60. The summed E-state index contributed by atoms with van der Waals surface area (Å²) in [6, 6.07) is 0.124. The van der Waals surface area contributed by atoms with E-state index in [1.54, 1.807) is 4.90 Å². The van der Waals surface area contributed by atoms with E-state index in [0.29, 0.717) is 31.8 Å². The van der Waals surface area contributed by atoms with Gasteiger partial charge in [-0.15, -0.1) is 0 Å². The smallest absolute Gasteiger partial charge is 0.323 e. The van der Waals surface area contributed by atoms with Gasteiger partial charge in [0.25, 0.3) is 0 Å². The van der Waals surface area contributed by atoms with Crippen molar-refractivity contribution >= 4 is 16.1 Å². The summed E-state index contributed by atoms with van der Waals surface area (Å²) in [5.41, 5.74) is 5.82. The maximum atomic E-state index is 13.7. The second-order valence-corrected chi connectivity index (χ2v) is 12.6. The molecule has 3 aliphatic heterocycles. The molecule has 3 N–H and O–H groups in total. The molecule has 2 amide bonds. The van der Waals surface area contributed by atoms with Gasteiger partial charge in [-0.1, -0.05) is 6.42 Å². The van der Waals surface area contributed by atoms with Gasteiger partial charge in [0.2, 0.25) is 16.4 Å². The third-order valence-corrected chi connectivity index (χ3v) is 10.2. The molecule has 2 aliphatic carbocycles. The van der Waals surface area contributed by atoms with Crippen molar-refractivity contribution in [3.05, 3.63) is 0 Å². The second kappa shape index (κ2) is 8.35. The molecule has 3 saturated heterocycles. The van der Waals surface area contributed by atoms with E-state index < -0.39 is 21.6 Å². The van der Waals surface area contributed by atoms with Crippen LogP contribution in [0.4, 0.5) is 4.79 Å². The van der Waals surface area contributed by atoms with Crippen molar-refractivity contribution < 1.29 is 17.9 Å². The van der Waals surface area contributed by atoms with Gasteiger partial charge in [-0.2, -0.15) is 0 Å². The standard InChI is InChI=1S/C21H38N6O4S/c1-14-22-23-19(31-14)27-18-12-16(32(29,30)24-21(2)9-10-21)7-8-17(18)26(20(27)28)13-15-6-4-5-11-25(15)3/h14-19,22-24H,4-13H2,1-3H3. The van der Waals surface area contributed by atoms with Crippen molar-refractivity contribution in [2.75, 3.05) is 20.1 Å². The van der Waals surface area contributed by atoms with Crippen LogP contribution in [-0.2, 0) is 14.8 Å². The average molecular weight is 471 g/mol. The molecular formula is C21H38N6O4S. The minimum Gasteiger partial charge on any atom is -0.324 e. The number of nitrogens with zero attached hydrogens (tertiary/aromatic N) is 3. The van der Waals surface area contributed by atoms with Crippen LogP contribution in [0.15, 0.2) is 0 Å². The van der Waals surface area contributed by atoms with Crippen molar-refractivity contribution in [3.63, 3.8) is 0 Å². The zero-order chi connectivity index (χ0) is 22.7. The van der Waals surface area contributed by atoms with E-state index >= 15 is 0 Å². The fourth-order valence-electron chi connectivity index (χ4n) is 5.86. The largest absolute Gasteiger partial charge is 0.324 e. The van der Waals surface area contributed by atoms with Crippen molar-refractivity contribution in [3.8, 4) is 0 Å². The minimum atomic E-state index is -3.44. The number of hydrogen-bond acceptors (Lipinski definition) is 7. The fourth-order valence-corrected chi connectivity index (χ4v) is 7.82. The molecule has 0 radical (unpaired) electrons. The van der Waals surface area contributed by atoms with Gasteiger partial charge < -0.3 is 14.5 Å². The molecular weight excluding hydrogens is 432 g/mol. The molecule has 0 bridgehead atoms. The van der Waals surface area contributed by atoms with Crippen LogP contribution in [0.25, 0.3) is 0 Å². The van der Waals surface area contributed by atoms with Crippen LogP contribution in [0.2, 0.25) is 0 Å². The summed E-state index contributed by atoms with van der Waals surface area (Å²) in [7, 11) is -1.30. The third kappa shape index (κ3) is 4.27. The van der Waals surface area contributed by atoms with Gasteiger partial charge in [-0.3, -0.25) is 4.90 Å². The lowest BCUT2D eigenvalue weighted by molar-refractivity contribution is -0.0488. The van der Waals surface area contributed by atoms with Gasteiger partial charge in [-0.25, -0.2) is 28.8 Å². The number of hydrazine groups is 1. The molecule has 3 heterocycles. The first-order chi connectivity index (χ1) is 15.2. The van der Waals surface area contributed by atoms with E-state index in [-0.39, 0.29) is 29.9 Å². The molecule has 5 fully saturated rings. The van der Waals surface area contributed by atoms with E-state index in [4.69, 9.17) is 4.74 Å². The van der Waals surface area contributed by atoms with Crippen LogP contribution in [0.5, 0.6) is 0 Å². The molecule has 0 aromatic heterocycles. The number of fused-ring (bicyclic) bond motifs is 1. The zero-order valence-corrected chi connectivity index (χ0v) is 20.2. The molecule has 11 heteroatoms. The molecule has 2 saturated carbocycles. The summed E-state index contributed by atoms with van der Waals surface area (Å²) in [5.74, 6) is 0. The number of piperidine rings is 1. The third-order valence-electron chi connectivity index (χ3n) is 8.11. The quantitative estimate of drug-likeness (QED) is 0.525. The summed E-state index contributed by atoms with van der Waals surface area (Å²) >= 11 is 0. The lowest BCUT2D eigenvalue weighted by Gasteiger charge is -2.39. The molecule has 5 aliphatic rings. The number of hydrogen-bond donors (Lipinski definition) is 3. The van der Waals surface area contributed by atoms with Crippen LogP contribution in [0.1, 0.15) is 65.2 Å². The maximum Gasteiger partial charge on any atom is 0.323 e. The number of ether oxygens (including phenoxy) is 1. The molecule has 182 valence electrons. The van der Waals surface area contributed by atoms with Crippen LogP contribution in [0, 0.1) is 0 Å². The first-order valence-corrected chi connectivity index (χ1v) is 13.7. The first kappa shape index (κ1) is 22.8. The molecule has 0 spiro atoms. The van der Waals surface area contributed by atoms with Crippen LogP contribution < -0.4 is 15.6 Å². The number of amides is 2. The zero-order valence-electron chi connectivity index (χ0n) is 19.4. The SMILES string of the molecule is CC1NNC(N2C(=O)N(CC3CCCCN3C)C3CCC(S(=O)(=O)NC4(C)CC4)CC32)O1. The van der Waals surface area contributed by atoms with E-state index in [1.165, 1.54) is 12.8 Å². The first-order valence-electron chi connectivity index (χ1n) is 12.2. The Labute approximate surface area is 191 Å². The second-order valence-electron chi connectivity index (χ2n) is 10.7. The average Bonchev–Trinajstić information content (AvgIpc) is 3.18. The van der Waals surface area contributed by atoms with Crippen molar-refractivity contribution in [2.45, 2.75) is 107 Å². The van der Waals surface area contributed by atoms with Gasteiger partial charge in [0.1, 0.15) is 6.23 Å². The topological polar surface area (TPSA) is 106 Å². The van der Waals surface area contributed by atoms with Crippen LogP contribution in [-0.4, -0.2) is 90.8 Å². The Bertz CT molecular complexity index is 836. The molecule has 32 heavy (non-hydrogen) atoms. The lowest BCUT2D eigenvalue weighted by Crippen LogP contribution is -2.54. The summed E-state index contributed by atoms with van der Waals surface area (Å²) in [6.07, 6.45) is 6.17. The van der Waals surface area contributed by atoms with E-state index in [9.17, 15) is 13.2 Å². The molecule has 5 rings (SSSR count). The van der Waals surface area contributed by atoms with Crippen LogP contribution in [0.3, 0.4) is 0 Å². The summed E-state index contributed by atoms with van der Waals surface area (Å²) in [5, 5.41) is -0.486. The number of carbonyl (C=O) groups is 1. The Morgan fingerprint density at radius 2 is 1.94 bits per heavy atom. The molecule has 6 atom stereocenters. The van der Waals surface area contributed by atoms with Crippen molar-refractivity contribution in [1.29, 1.82) is 0 Å². The highest BCUT2D eigenvalue weighted by Crippen LogP contribution is 2.41. The predicted octanol–water partition coefficient (Wildman–Crippen LogP) is 0.724. The number of likely N-dealkylation sites (N-methyl/N-ethyl adjacent to an activating group) is 1. The highest BCUT2D eigenvalue weighted by atomic mass is 32.2. The summed E-state index contributed by atoms with van der Waals surface area (Å²) < 4.78 is 35.1. The normalized spacial score (nSPS) is 40.0. The predicted molar refractivity (Wildman–Crippen MR) is 120 cm³/mol. The minimum absolute atomic E-state index is 0.0158. The molecule has 10 nitrogen and oxygen atoms in total. The Hall–Kier alpha value is -0.980. The van der Waals surface area contributed by atoms with Gasteiger partial charge in [0.05, 0.1) is 17.3 Å². The number of rotatable bonds is 6. The lowest BCUT2D eigenvalue weighted by atomic mass is 9.89. The van der Waals surface area contributed by atoms with Crippen LogP contribution >= 0.6 is 0 Å². The van der Waals surface area contributed by atoms with Crippen molar-refractivity contribution in [1.82, 2.24) is 30.3 Å². The Balaban J connectivity index is 1.37. The number of carbonyl (C=O) groups excluding carboxylic acids is 1. The fraction of sp³-hybridized carbons (Fsp3) is 0.952. The number of nitrogens with one attached hydrogen (secondary N) is 3. The molecule has 0 aromatic rings. The maximum absolute atomic E-state index is 13.7. The Morgan fingerprint density at radius 3 is 2.59 bits per heavy atom. The monoisotopic (exact) mass is 470 g/mol. The number of urea groups is 1.